The lowest BCUT2D eigenvalue weighted by molar-refractivity contribution is -0.671. The maximum atomic E-state index is 5.78. The number of rotatable bonds is 25. The zero-order valence-corrected chi connectivity index (χ0v) is 72.2. The lowest BCUT2D eigenvalue weighted by atomic mass is 10.1. The van der Waals surface area contributed by atoms with Crippen LogP contribution in [0.5, 0.6) is 47.0 Å². The number of nitrogens with zero attached hydrogens (tertiary/aromatic N) is 27. The predicted molar refractivity (Wildman–Crippen MR) is 452 cm³/mol. The molecule has 18 heterocycles. The van der Waals surface area contributed by atoms with E-state index in [1.807, 2.05) is 109 Å². The second kappa shape index (κ2) is 42.6. The summed E-state index contributed by atoms with van der Waals surface area (Å²) in [4.78, 5) is 21.2. The molecule has 45 heteroatoms. The van der Waals surface area contributed by atoms with Crippen molar-refractivity contribution < 1.29 is 47.0 Å². The SMILES string of the molecule is CN1CCC=C(c2nsnc2OCOc2nsnc2C2=CCCN(C)C2)C1.CN1CCC=C(c2nsnc2OCOc2nsnc2C2=CCCN(C)C2)C1.C[n+]1cccc(-c2nsnc2OCOc2nsnc2-c2ccc[n+](C)c2)c1.Clc1nsnc1-c1cccnc1.c1cncc(-c2nsnc2OCOc2nsnc2-c2cccnc2)c1. The van der Waals surface area contributed by atoms with Gasteiger partial charge in [-0.2, -0.15) is 43.7 Å². The summed E-state index contributed by atoms with van der Waals surface area (Å²) in [5.74, 6) is 3.72. The molecule has 0 aromatic carbocycles. The molecule has 14 aromatic heterocycles. The van der Waals surface area contributed by atoms with Gasteiger partial charge in [0.05, 0.1) is 117 Å². The van der Waals surface area contributed by atoms with Crippen LogP contribution < -0.4 is 47.0 Å². The molecule has 0 saturated carbocycles. The summed E-state index contributed by atoms with van der Waals surface area (Å²) in [5.41, 5.74) is 15.6. The molecule has 0 saturated heterocycles. The van der Waals surface area contributed by atoms with Crippen molar-refractivity contribution >= 4 is 139 Å². The number of pyridine rings is 5. The first kappa shape index (κ1) is 83.8. The fourth-order valence-corrected chi connectivity index (χ4v) is 16.8. The Bertz CT molecular complexity index is 5190. The molecule has 0 unspecified atom stereocenters. The molecule has 0 spiro atoms. The zero-order chi connectivity index (χ0) is 81.2. The van der Waals surface area contributed by atoms with Crippen molar-refractivity contribution in [1.82, 2.24) is 113 Å². The lowest BCUT2D eigenvalue weighted by Crippen LogP contribution is -2.26. The fourth-order valence-electron chi connectivity index (χ4n) is 11.8. The molecule has 0 bridgehead atoms. The van der Waals surface area contributed by atoms with Crippen LogP contribution >= 0.6 is 117 Å². The Kier molecular flexibility index (Phi) is 30.2. The van der Waals surface area contributed by atoms with Crippen LogP contribution in [0.25, 0.3) is 78.6 Å². The summed E-state index contributed by atoms with van der Waals surface area (Å²) in [6.07, 6.45) is 30.9. The second-order valence-electron chi connectivity index (χ2n) is 26.1. The number of aromatic nitrogens is 23. The first-order chi connectivity index (χ1) is 57.9. The molecule has 4 aliphatic heterocycles. The van der Waals surface area contributed by atoms with Crippen molar-refractivity contribution in [2.24, 2.45) is 14.1 Å². The van der Waals surface area contributed by atoms with Crippen LogP contribution in [0.1, 0.15) is 48.5 Å². The van der Waals surface area contributed by atoms with Gasteiger partial charge in [0.15, 0.2) is 41.3 Å². The summed E-state index contributed by atoms with van der Waals surface area (Å²) in [6.45, 7) is 7.62. The molecular formula is C73H74ClN27O8S9+2. The Labute approximate surface area is 719 Å². The second-order valence-corrected chi connectivity index (χ2v) is 31.3. The summed E-state index contributed by atoms with van der Waals surface area (Å²) < 4.78 is 126. The number of likely N-dealkylation sites (N-methyl/N-ethyl adjacent to an activating group) is 4. The molecule has 0 radical (unpaired) electrons. The van der Waals surface area contributed by atoms with Gasteiger partial charge in [0.25, 0.3) is 47.0 Å². The third-order valence-corrected chi connectivity index (χ3v) is 22.5. The number of halogens is 1. The Hall–Kier alpha value is -10.7. The zero-order valence-electron chi connectivity index (χ0n) is 64.1. The van der Waals surface area contributed by atoms with E-state index in [0.717, 1.165) is 256 Å². The van der Waals surface area contributed by atoms with E-state index in [2.05, 4.69) is 166 Å². The van der Waals surface area contributed by atoms with Crippen LogP contribution in [0.2, 0.25) is 5.15 Å². The van der Waals surface area contributed by atoms with Crippen LogP contribution in [-0.2, 0) is 14.1 Å². The normalized spacial score (nSPS) is 14.4. The fraction of sp³-hybridized carbons (Fsp3) is 0.301. The van der Waals surface area contributed by atoms with E-state index in [-0.39, 0.29) is 27.2 Å². The molecule has 14 aromatic rings. The van der Waals surface area contributed by atoms with Crippen LogP contribution in [0.3, 0.4) is 0 Å². The minimum atomic E-state index is -0.0582. The molecule has 0 atom stereocenters. The van der Waals surface area contributed by atoms with Crippen molar-refractivity contribution in [3.8, 4) is 103 Å². The summed E-state index contributed by atoms with van der Waals surface area (Å²) in [7, 11) is 12.3. The molecule has 18 rings (SSSR count). The van der Waals surface area contributed by atoms with Crippen molar-refractivity contribution in [2.75, 3.05) is 108 Å². The highest BCUT2D eigenvalue weighted by Gasteiger charge is 2.26. The number of ether oxygens (including phenoxy) is 8. The van der Waals surface area contributed by atoms with E-state index in [4.69, 9.17) is 49.5 Å². The standard InChI is InChI=1S/2C17H22N6O2S2.C17H16N6O2S2.C15H10N6O2S2.C7H4ClN3S/c3*1-22-7-3-5-12(9-22)14-16(20-26-18-14)24-11-25-17-15(19-27-21-17)13-6-4-8-23(2)10-13;1-3-10(7-16-5-1)12-14(20-24-18-12)22-9-23-15-13(19-25-21-15)11-4-2-6-17-8-11;8-7-6(10-12-11-7)5-2-1-3-9-4-5/h2*5-6H,3-4,7-11H2,1-2H3;3-10H,11H2,1-2H3;1-8H,9H2;1-4H/q;;+2;;. The first-order valence-electron chi connectivity index (χ1n) is 36.2. The van der Waals surface area contributed by atoms with Crippen LogP contribution in [0.4, 0.5) is 0 Å². The van der Waals surface area contributed by atoms with E-state index in [0.29, 0.717) is 80.7 Å². The molecule has 4 aliphatic rings. The maximum absolute atomic E-state index is 5.78. The lowest BCUT2D eigenvalue weighted by Gasteiger charge is -2.22. The van der Waals surface area contributed by atoms with Gasteiger partial charge in [0.2, 0.25) is 27.2 Å². The van der Waals surface area contributed by atoms with E-state index >= 15 is 0 Å². The van der Waals surface area contributed by atoms with Gasteiger partial charge in [-0.1, -0.05) is 35.9 Å². The Balaban J connectivity index is 0.000000123. The summed E-state index contributed by atoms with van der Waals surface area (Å²) in [5, 5.41) is 0.438. The van der Waals surface area contributed by atoms with Crippen LogP contribution in [0, 0.1) is 0 Å². The van der Waals surface area contributed by atoms with E-state index in [9.17, 15) is 0 Å². The predicted octanol–water partition coefficient (Wildman–Crippen LogP) is 11.5. The largest absolute Gasteiger partial charge is 0.438 e. The minimum Gasteiger partial charge on any atom is -0.438 e. The third-order valence-electron chi connectivity index (χ3n) is 17.5. The third kappa shape index (κ3) is 23.0. The van der Waals surface area contributed by atoms with Crippen molar-refractivity contribution in [1.29, 1.82) is 0 Å². The van der Waals surface area contributed by atoms with Crippen molar-refractivity contribution in [3.05, 3.63) is 175 Å². The summed E-state index contributed by atoms with van der Waals surface area (Å²) >= 11 is 15.8. The van der Waals surface area contributed by atoms with Gasteiger partial charge in [-0.3, -0.25) is 15.0 Å². The van der Waals surface area contributed by atoms with E-state index in [1.54, 1.807) is 37.2 Å². The Morgan fingerprint density at radius 3 is 0.788 bits per heavy atom. The monoisotopic (exact) mass is 1780 g/mol. The Morgan fingerprint density at radius 2 is 0.542 bits per heavy atom. The van der Waals surface area contributed by atoms with Gasteiger partial charge in [-0.05, 0) is 125 Å². The van der Waals surface area contributed by atoms with Gasteiger partial charge >= 0.3 is 0 Å². The molecule has 0 N–H and O–H groups in total. The van der Waals surface area contributed by atoms with Crippen LogP contribution in [0.15, 0.2) is 147 Å². The van der Waals surface area contributed by atoms with E-state index in [1.165, 1.54) is 0 Å². The first-order valence-corrected chi connectivity index (χ1v) is 43.1. The molecule has 608 valence electrons. The average molecular weight is 1780 g/mol. The highest BCUT2D eigenvalue weighted by Crippen LogP contribution is 2.36. The number of aryl methyl sites for hydroxylation is 2. The highest BCUT2D eigenvalue weighted by atomic mass is 35.5. The molecule has 0 fully saturated rings. The molecule has 0 aliphatic carbocycles. The topological polar surface area (TPSA) is 365 Å². The molecule has 0 amide bonds. The smallest absolute Gasteiger partial charge is 0.257 e. The highest BCUT2D eigenvalue weighted by molar-refractivity contribution is 7.01. The summed E-state index contributed by atoms with van der Waals surface area (Å²) in [6, 6.07) is 19.0. The van der Waals surface area contributed by atoms with E-state index < -0.39 is 0 Å². The van der Waals surface area contributed by atoms with Gasteiger partial charge in [0.1, 0.15) is 54.0 Å². The van der Waals surface area contributed by atoms with Crippen molar-refractivity contribution in [3.63, 3.8) is 0 Å². The van der Waals surface area contributed by atoms with Gasteiger partial charge < -0.3 is 57.5 Å². The molecule has 118 heavy (non-hydrogen) atoms. The van der Waals surface area contributed by atoms with Crippen LogP contribution in [-0.4, -0.2) is 221 Å². The average Bonchev–Trinajstić information content (AvgIpc) is 1.67. The maximum Gasteiger partial charge on any atom is 0.257 e. The minimum absolute atomic E-state index is 0.0308. The van der Waals surface area contributed by atoms with Gasteiger partial charge in [-0.15, -0.1) is 35.0 Å². The number of hydrogen-bond donors (Lipinski definition) is 0. The Morgan fingerprint density at radius 1 is 0.305 bits per heavy atom. The number of hydrogen-bond acceptors (Lipinski definition) is 42. The molecule has 35 nitrogen and oxygen atoms in total. The van der Waals surface area contributed by atoms with Gasteiger partial charge in [0, 0.05) is 118 Å². The van der Waals surface area contributed by atoms with Gasteiger partial charge in [-0.25, -0.2) is 9.13 Å². The van der Waals surface area contributed by atoms with Crippen molar-refractivity contribution in [2.45, 2.75) is 25.7 Å². The quantitative estimate of drug-likeness (QED) is 0.0379. The molecular weight excluding hydrogens is 1710 g/mol.